The van der Waals surface area contributed by atoms with Crippen LogP contribution in [-0.2, 0) is 24.1 Å². The first-order chi connectivity index (χ1) is 16.1. The van der Waals surface area contributed by atoms with E-state index in [9.17, 15) is 9.59 Å². The molecule has 174 valence electrons. The zero-order valence-electron chi connectivity index (χ0n) is 19.1. The lowest BCUT2D eigenvalue weighted by atomic mass is 10.1. The van der Waals surface area contributed by atoms with Gasteiger partial charge in [-0.1, -0.05) is 54.9 Å². The molecule has 33 heavy (non-hydrogen) atoms. The van der Waals surface area contributed by atoms with Crippen molar-refractivity contribution >= 4 is 39.2 Å². The zero-order valence-corrected chi connectivity index (χ0v) is 20.8. The Bertz CT molecular complexity index is 1200. The van der Waals surface area contributed by atoms with E-state index in [1.165, 1.54) is 27.8 Å². The maximum Gasteiger partial charge on any atom is 0.263 e. The van der Waals surface area contributed by atoms with Gasteiger partial charge in [-0.15, -0.1) is 11.3 Å². The van der Waals surface area contributed by atoms with Crippen molar-refractivity contribution in [1.29, 1.82) is 0 Å². The van der Waals surface area contributed by atoms with Crippen molar-refractivity contribution in [3.63, 3.8) is 0 Å². The van der Waals surface area contributed by atoms with Gasteiger partial charge in [0.2, 0.25) is 5.91 Å². The van der Waals surface area contributed by atoms with Crippen LogP contribution in [0, 0.1) is 0 Å². The van der Waals surface area contributed by atoms with Crippen LogP contribution in [-0.4, -0.2) is 27.3 Å². The number of aryl methyl sites for hydroxylation is 3. The Hall–Kier alpha value is -2.12. The molecule has 2 heterocycles. The second-order valence-corrected chi connectivity index (χ2v) is 11.4. The number of thiophene rings is 1. The van der Waals surface area contributed by atoms with E-state index < -0.39 is 0 Å². The highest BCUT2D eigenvalue weighted by Gasteiger charge is 2.27. The van der Waals surface area contributed by atoms with Gasteiger partial charge in [-0.3, -0.25) is 14.2 Å². The molecular formula is C26H31N3O2S2. The van der Waals surface area contributed by atoms with Gasteiger partial charge in [0.15, 0.2) is 5.16 Å². The van der Waals surface area contributed by atoms with Crippen LogP contribution in [0.5, 0.6) is 0 Å². The van der Waals surface area contributed by atoms with Gasteiger partial charge in [0.1, 0.15) is 4.83 Å². The lowest BCUT2D eigenvalue weighted by molar-refractivity contribution is -0.119. The quantitative estimate of drug-likeness (QED) is 0.351. The van der Waals surface area contributed by atoms with Gasteiger partial charge in [-0.25, -0.2) is 4.98 Å². The first kappa shape index (κ1) is 22.7. The molecule has 1 N–H and O–H groups in total. The highest BCUT2D eigenvalue weighted by Crippen LogP contribution is 2.38. The monoisotopic (exact) mass is 481 g/mol. The molecule has 0 bridgehead atoms. The number of carbonyl (C=O) groups is 1. The van der Waals surface area contributed by atoms with E-state index in [1.807, 2.05) is 22.8 Å². The SMILES string of the molecule is C[C@H](CCc1ccccc1)NC(=O)CSc1nc2sc3c(c2c(=O)n1C1CCCC1)CCC3. The van der Waals surface area contributed by atoms with Crippen LogP contribution in [0.4, 0.5) is 0 Å². The minimum atomic E-state index is 0.00144. The van der Waals surface area contributed by atoms with Gasteiger partial charge in [0, 0.05) is 17.0 Å². The molecule has 1 amide bonds. The number of benzene rings is 1. The third-order valence-corrected chi connectivity index (χ3v) is 9.02. The van der Waals surface area contributed by atoms with Gasteiger partial charge in [-0.05, 0) is 63.0 Å². The van der Waals surface area contributed by atoms with Gasteiger partial charge in [0.05, 0.1) is 11.1 Å². The second-order valence-electron chi connectivity index (χ2n) is 9.33. The minimum absolute atomic E-state index is 0.00144. The number of thioether (sulfide) groups is 1. The van der Waals surface area contributed by atoms with Crippen molar-refractivity contribution < 1.29 is 4.79 Å². The molecule has 0 saturated heterocycles. The standard InChI is InChI=1S/C26H31N3O2S2/c1-17(14-15-18-8-3-2-4-9-18)27-22(30)16-32-26-28-24-23(20-12-7-13-21(20)33-24)25(31)29(26)19-10-5-6-11-19/h2-4,8-9,17,19H,5-7,10-16H2,1H3,(H,27,30)/t17-/m1/s1. The fraction of sp³-hybridized carbons (Fsp3) is 0.500. The summed E-state index contributed by atoms with van der Waals surface area (Å²) in [6.45, 7) is 2.05. The molecule has 2 aromatic heterocycles. The van der Waals surface area contributed by atoms with Gasteiger partial charge in [-0.2, -0.15) is 0 Å². The van der Waals surface area contributed by atoms with Crippen molar-refractivity contribution in [2.24, 2.45) is 0 Å². The van der Waals surface area contributed by atoms with Crippen LogP contribution in [0.25, 0.3) is 10.2 Å². The highest BCUT2D eigenvalue weighted by molar-refractivity contribution is 7.99. The number of hydrogen-bond donors (Lipinski definition) is 1. The molecule has 1 aromatic carbocycles. The Morgan fingerprint density at radius 3 is 2.79 bits per heavy atom. The summed E-state index contributed by atoms with van der Waals surface area (Å²) >= 11 is 3.09. The highest BCUT2D eigenvalue weighted by atomic mass is 32.2. The molecule has 2 aliphatic rings. The first-order valence-corrected chi connectivity index (χ1v) is 13.9. The third-order valence-electron chi connectivity index (χ3n) is 6.88. The predicted molar refractivity (Wildman–Crippen MR) is 137 cm³/mol. The molecule has 7 heteroatoms. The first-order valence-electron chi connectivity index (χ1n) is 12.1. The van der Waals surface area contributed by atoms with E-state index >= 15 is 0 Å². The Labute approximate surface area is 203 Å². The fourth-order valence-electron chi connectivity index (χ4n) is 5.17. The lowest BCUT2D eigenvalue weighted by Gasteiger charge is -2.18. The van der Waals surface area contributed by atoms with Crippen molar-refractivity contribution in [2.75, 3.05) is 5.75 Å². The van der Waals surface area contributed by atoms with Crippen molar-refractivity contribution in [3.8, 4) is 0 Å². The average Bonchev–Trinajstić information content (AvgIpc) is 3.55. The van der Waals surface area contributed by atoms with E-state index in [1.54, 1.807) is 11.3 Å². The van der Waals surface area contributed by atoms with Crippen LogP contribution < -0.4 is 10.9 Å². The molecule has 0 spiro atoms. The Morgan fingerprint density at radius 2 is 2.00 bits per heavy atom. The maximum atomic E-state index is 13.6. The Kier molecular flexibility index (Phi) is 6.88. The summed E-state index contributed by atoms with van der Waals surface area (Å²) in [6.07, 6.45) is 9.39. The molecule has 5 nitrogen and oxygen atoms in total. The smallest absolute Gasteiger partial charge is 0.263 e. The molecule has 3 aromatic rings. The molecule has 1 saturated carbocycles. The Morgan fingerprint density at radius 1 is 1.21 bits per heavy atom. The molecule has 1 atom stereocenters. The zero-order chi connectivity index (χ0) is 22.8. The minimum Gasteiger partial charge on any atom is -0.353 e. The Balaban J connectivity index is 1.29. The summed E-state index contributed by atoms with van der Waals surface area (Å²) in [5, 5.41) is 4.68. The van der Waals surface area contributed by atoms with E-state index in [4.69, 9.17) is 4.98 Å². The molecule has 0 unspecified atom stereocenters. The van der Waals surface area contributed by atoms with Crippen LogP contribution in [0.1, 0.15) is 67.5 Å². The van der Waals surface area contributed by atoms with Crippen molar-refractivity contribution in [1.82, 2.24) is 14.9 Å². The van der Waals surface area contributed by atoms with E-state index in [0.717, 1.165) is 68.0 Å². The predicted octanol–water partition coefficient (Wildman–Crippen LogP) is 5.29. The lowest BCUT2D eigenvalue weighted by Crippen LogP contribution is -2.34. The van der Waals surface area contributed by atoms with Crippen LogP contribution in [0.2, 0.25) is 0 Å². The van der Waals surface area contributed by atoms with Gasteiger partial charge < -0.3 is 5.32 Å². The molecule has 5 rings (SSSR count). The molecule has 0 radical (unpaired) electrons. The second kappa shape index (κ2) is 10.0. The summed E-state index contributed by atoms with van der Waals surface area (Å²) in [7, 11) is 0. The number of amides is 1. The number of rotatable bonds is 8. The molecular weight excluding hydrogens is 450 g/mol. The van der Waals surface area contributed by atoms with E-state index in [-0.39, 0.29) is 29.3 Å². The van der Waals surface area contributed by atoms with E-state index in [0.29, 0.717) is 5.16 Å². The molecule has 0 aliphatic heterocycles. The normalized spacial score (nSPS) is 16.9. The van der Waals surface area contributed by atoms with Crippen molar-refractivity contribution in [2.45, 2.75) is 82.0 Å². The molecule has 1 fully saturated rings. The summed E-state index contributed by atoms with van der Waals surface area (Å²) in [6, 6.07) is 10.7. The van der Waals surface area contributed by atoms with Crippen LogP contribution >= 0.6 is 23.1 Å². The number of nitrogens with one attached hydrogen (secondary N) is 1. The van der Waals surface area contributed by atoms with Gasteiger partial charge >= 0.3 is 0 Å². The third kappa shape index (κ3) is 4.90. The fourth-order valence-corrected chi connectivity index (χ4v) is 7.35. The molecule has 2 aliphatic carbocycles. The average molecular weight is 482 g/mol. The number of carbonyl (C=O) groups excluding carboxylic acids is 1. The summed E-state index contributed by atoms with van der Waals surface area (Å²) in [5.41, 5.74) is 2.64. The maximum absolute atomic E-state index is 13.6. The topological polar surface area (TPSA) is 64.0 Å². The van der Waals surface area contributed by atoms with Gasteiger partial charge in [0.25, 0.3) is 5.56 Å². The van der Waals surface area contributed by atoms with Crippen LogP contribution in [0.3, 0.4) is 0 Å². The number of fused-ring (bicyclic) bond motifs is 3. The summed E-state index contributed by atoms with van der Waals surface area (Å²) < 4.78 is 1.93. The largest absolute Gasteiger partial charge is 0.353 e. The number of nitrogens with zero attached hydrogens (tertiary/aromatic N) is 2. The van der Waals surface area contributed by atoms with E-state index in [2.05, 4.69) is 24.4 Å². The summed E-state index contributed by atoms with van der Waals surface area (Å²) in [4.78, 5) is 33.4. The van der Waals surface area contributed by atoms with Crippen molar-refractivity contribution in [3.05, 3.63) is 56.7 Å². The van der Waals surface area contributed by atoms with Crippen LogP contribution in [0.15, 0.2) is 40.3 Å². The summed E-state index contributed by atoms with van der Waals surface area (Å²) in [5.74, 6) is 0.285. The number of hydrogen-bond acceptors (Lipinski definition) is 5. The number of aromatic nitrogens is 2.